The first-order chi connectivity index (χ1) is 15.9. The van der Waals surface area contributed by atoms with Crippen LogP contribution in [0.15, 0.2) is 36.5 Å². The van der Waals surface area contributed by atoms with E-state index in [1.165, 1.54) is 6.07 Å². The van der Waals surface area contributed by atoms with E-state index in [4.69, 9.17) is 9.47 Å². The van der Waals surface area contributed by atoms with Crippen molar-refractivity contribution in [1.29, 1.82) is 0 Å². The van der Waals surface area contributed by atoms with Crippen LogP contribution in [0.1, 0.15) is 50.2 Å². The molecule has 1 aromatic heterocycles. The highest BCUT2D eigenvalue weighted by atomic mass is 19.4. The zero-order valence-electron chi connectivity index (χ0n) is 18.3. The number of hydrogen-bond acceptors (Lipinski definition) is 4. The highest BCUT2D eigenvalue weighted by Crippen LogP contribution is 2.47. The predicted octanol–water partition coefficient (Wildman–Crippen LogP) is 6.49. The van der Waals surface area contributed by atoms with Gasteiger partial charge in [0.15, 0.2) is 11.5 Å². The summed E-state index contributed by atoms with van der Waals surface area (Å²) in [5.41, 5.74) is -1.77. The van der Waals surface area contributed by atoms with Gasteiger partial charge in [0.2, 0.25) is 5.82 Å². The second-order valence-corrected chi connectivity index (χ2v) is 8.72. The topological polar surface area (TPSA) is 54.4 Å². The standard InChI is InChI=1S/C23H24F6N2O3/c1-2-9-33-20-10-14(22(24,25)26)3-7-19(20)34-18-11-16-5-6-17(12-18)31(16,32)21-8-4-15(13-30-21)23(27,28)29/h3-4,7-8,10,13,16-18H,2,5-6,9,11-12H2,1H3. The van der Waals surface area contributed by atoms with Gasteiger partial charge in [-0.1, -0.05) is 6.92 Å². The number of rotatable bonds is 6. The predicted molar refractivity (Wildman–Crippen MR) is 112 cm³/mol. The van der Waals surface area contributed by atoms with E-state index in [0.717, 1.165) is 24.3 Å². The number of benzene rings is 1. The van der Waals surface area contributed by atoms with E-state index >= 15 is 0 Å². The number of fused-ring (bicyclic) bond motifs is 2. The quantitative estimate of drug-likeness (QED) is 0.264. The first kappa shape index (κ1) is 24.6. The molecule has 3 heterocycles. The van der Waals surface area contributed by atoms with Crippen LogP contribution in [0.25, 0.3) is 0 Å². The number of aromatic nitrogens is 1. The van der Waals surface area contributed by atoms with Crippen LogP contribution in [-0.4, -0.2) is 29.8 Å². The Bertz CT molecular complexity index is 995. The third-order valence-corrected chi connectivity index (χ3v) is 6.45. The van der Waals surface area contributed by atoms with Crippen molar-refractivity contribution in [3.05, 3.63) is 52.9 Å². The Labute approximate surface area is 192 Å². The normalized spacial score (nSPS) is 27.0. The molecule has 0 amide bonds. The highest BCUT2D eigenvalue weighted by Gasteiger charge is 2.52. The molecule has 2 aromatic rings. The fourth-order valence-corrected chi connectivity index (χ4v) is 4.84. The van der Waals surface area contributed by atoms with Crippen LogP contribution in [-0.2, 0) is 12.4 Å². The fourth-order valence-electron chi connectivity index (χ4n) is 4.84. The maximum Gasteiger partial charge on any atom is 0.417 e. The van der Waals surface area contributed by atoms with Crippen LogP contribution in [0.5, 0.6) is 11.5 Å². The van der Waals surface area contributed by atoms with Crippen molar-refractivity contribution in [3.63, 3.8) is 0 Å². The van der Waals surface area contributed by atoms with Gasteiger partial charge in [0, 0.05) is 37.9 Å². The lowest BCUT2D eigenvalue weighted by molar-refractivity contribution is -0.138. The van der Waals surface area contributed by atoms with Gasteiger partial charge in [-0.05, 0) is 30.7 Å². The monoisotopic (exact) mass is 490 g/mol. The fraction of sp³-hybridized carbons (Fsp3) is 0.522. The molecule has 0 saturated carbocycles. The number of alkyl halides is 6. The molecule has 2 atom stereocenters. The number of hydrogen-bond donors (Lipinski definition) is 0. The molecule has 0 N–H and O–H groups in total. The van der Waals surface area contributed by atoms with Crippen LogP contribution in [0, 0.1) is 5.21 Å². The maximum atomic E-state index is 13.8. The van der Waals surface area contributed by atoms with Gasteiger partial charge < -0.3 is 19.3 Å². The zero-order valence-corrected chi connectivity index (χ0v) is 18.3. The summed E-state index contributed by atoms with van der Waals surface area (Å²) in [7, 11) is 0. The Balaban J connectivity index is 1.53. The molecule has 2 unspecified atom stereocenters. The van der Waals surface area contributed by atoms with Crippen molar-refractivity contribution in [2.75, 3.05) is 6.61 Å². The van der Waals surface area contributed by atoms with Gasteiger partial charge >= 0.3 is 12.4 Å². The van der Waals surface area contributed by atoms with Crippen molar-refractivity contribution < 1.29 is 35.8 Å². The Hall–Kier alpha value is -2.53. The number of piperidine rings is 1. The number of pyridine rings is 1. The summed E-state index contributed by atoms with van der Waals surface area (Å²) in [5, 5.41) is 13.8. The molecule has 2 saturated heterocycles. The van der Waals surface area contributed by atoms with Crippen LogP contribution in [0.2, 0.25) is 0 Å². The molecule has 2 fully saturated rings. The van der Waals surface area contributed by atoms with Gasteiger partial charge in [0.25, 0.3) is 0 Å². The largest absolute Gasteiger partial charge is 0.626 e. The summed E-state index contributed by atoms with van der Waals surface area (Å²) in [6.45, 7) is 2.04. The molecule has 186 valence electrons. The Morgan fingerprint density at radius 2 is 1.56 bits per heavy atom. The van der Waals surface area contributed by atoms with E-state index in [-0.39, 0.29) is 23.9 Å². The van der Waals surface area contributed by atoms with E-state index < -0.39 is 46.3 Å². The van der Waals surface area contributed by atoms with E-state index in [2.05, 4.69) is 4.98 Å². The lowest BCUT2D eigenvalue weighted by atomic mass is 9.98. The third-order valence-electron chi connectivity index (χ3n) is 6.45. The molecular formula is C23H24F6N2O3. The Morgan fingerprint density at radius 3 is 2.09 bits per heavy atom. The maximum absolute atomic E-state index is 13.8. The van der Waals surface area contributed by atoms with E-state index in [9.17, 15) is 31.5 Å². The molecule has 4 rings (SSSR count). The summed E-state index contributed by atoms with van der Waals surface area (Å²) < 4.78 is 88.7. The number of hydroxylamine groups is 2. The SMILES string of the molecule is CCCOc1cc(C(F)(F)F)ccc1OC1CC2CCC(C1)[N+]2([O-])c1ccc(C(F)(F)F)cn1. The lowest BCUT2D eigenvalue weighted by Gasteiger charge is -2.51. The summed E-state index contributed by atoms with van der Waals surface area (Å²) in [5.74, 6) is 0.187. The number of ether oxygens (including phenoxy) is 2. The summed E-state index contributed by atoms with van der Waals surface area (Å²) >= 11 is 0. The minimum atomic E-state index is -4.54. The van der Waals surface area contributed by atoms with Crippen molar-refractivity contribution in [2.24, 2.45) is 0 Å². The molecule has 2 aliphatic heterocycles. The third kappa shape index (κ3) is 4.68. The minimum absolute atomic E-state index is 0.0121. The number of halogens is 6. The summed E-state index contributed by atoms with van der Waals surface area (Å²) in [4.78, 5) is 3.84. The van der Waals surface area contributed by atoms with E-state index in [0.29, 0.717) is 38.3 Å². The molecule has 2 aliphatic rings. The first-order valence-electron chi connectivity index (χ1n) is 11.1. The molecule has 34 heavy (non-hydrogen) atoms. The molecule has 5 nitrogen and oxygen atoms in total. The average molecular weight is 490 g/mol. The average Bonchev–Trinajstić information content (AvgIpc) is 2.94. The second-order valence-electron chi connectivity index (χ2n) is 8.72. The summed E-state index contributed by atoms with van der Waals surface area (Å²) in [6, 6.07) is 4.11. The zero-order chi connectivity index (χ0) is 24.7. The van der Waals surface area contributed by atoms with E-state index in [1.54, 1.807) is 0 Å². The van der Waals surface area contributed by atoms with Gasteiger partial charge in [-0.2, -0.15) is 26.3 Å². The molecule has 0 spiro atoms. The Morgan fingerprint density at radius 1 is 0.941 bits per heavy atom. The van der Waals surface area contributed by atoms with Crippen LogP contribution >= 0.6 is 0 Å². The van der Waals surface area contributed by atoms with Gasteiger partial charge in [0.1, 0.15) is 6.10 Å². The van der Waals surface area contributed by atoms with Crippen LogP contribution < -0.4 is 14.1 Å². The van der Waals surface area contributed by atoms with Crippen LogP contribution in [0.3, 0.4) is 0 Å². The van der Waals surface area contributed by atoms with Gasteiger partial charge in [-0.25, -0.2) is 4.98 Å². The molecule has 2 bridgehead atoms. The molecule has 0 radical (unpaired) electrons. The second kappa shape index (κ2) is 8.92. The van der Waals surface area contributed by atoms with Crippen molar-refractivity contribution in [3.8, 4) is 11.5 Å². The van der Waals surface area contributed by atoms with E-state index in [1.807, 2.05) is 6.92 Å². The lowest BCUT2D eigenvalue weighted by Crippen LogP contribution is -2.59. The number of nitrogens with zero attached hydrogens (tertiary/aromatic N) is 2. The van der Waals surface area contributed by atoms with Crippen LogP contribution in [0.4, 0.5) is 32.2 Å². The smallest absolute Gasteiger partial charge is 0.417 e. The van der Waals surface area contributed by atoms with Gasteiger partial charge in [-0.15, -0.1) is 0 Å². The summed E-state index contributed by atoms with van der Waals surface area (Å²) in [6.07, 6.45) is -6.51. The molecule has 11 heteroatoms. The molecule has 0 aliphatic carbocycles. The number of quaternary nitrogens is 1. The highest BCUT2D eigenvalue weighted by molar-refractivity contribution is 5.45. The van der Waals surface area contributed by atoms with Gasteiger partial charge in [-0.3, -0.25) is 0 Å². The van der Waals surface area contributed by atoms with Crippen molar-refractivity contribution in [2.45, 2.75) is 69.6 Å². The molecular weight excluding hydrogens is 466 g/mol. The Kier molecular flexibility index (Phi) is 6.45. The first-order valence-corrected chi connectivity index (χ1v) is 11.1. The van der Waals surface area contributed by atoms with Gasteiger partial charge in [0.05, 0.1) is 29.8 Å². The molecule has 1 aromatic carbocycles. The minimum Gasteiger partial charge on any atom is -0.626 e. The van der Waals surface area contributed by atoms with Crippen molar-refractivity contribution in [1.82, 2.24) is 9.63 Å². The van der Waals surface area contributed by atoms with Crippen molar-refractivity contribution >= 4 is 5.82 Å².